The first-order chi connectivity index (χ1) is 5.39. The van der Waals surface area contributed by atoms with E-state index in [0.717, 1.165) is 21.3 Å². The Balaban J connectivity index is 4.52. The molecule has 7 nitrogen and oxygen atoms in total. The molecule has 0 amide bonds. The van der Waals surface area contributed by atoms with Gasteiger partial charge in [0, 0.05) is 21.3 Å². The summed E-state index contributed by atoms with van der Waals surface area (Å²) in [5, 5.41) is 0. The van der Waals surface area contributed by atoms with E-state index in [2.05, 4.69) is 18.4 Å². The lowest BCUT2D eigenvalue weighted by Crippen LogP contribution is -2.40. The van der Waals surface area contributed by atoms with Crippen LogP contribution in [-0.2, 0) is 28.8 Å². The van der Waals surface area contributed by atoms with Crippen molar-refractivity contribution in [2.24, 2.45) is 0 Å². The number of hydrogen-bond acceptors (Lipinski definition) is 6. The Morgan fingerprint density at radius 1 is 1.08 bits per heavy atom. The first-order valence-corrected chi connectivity index (χ1v) is 4.09. The van der Waals surface area contributed by atoms with Crippen molar-refractivity contribution >= 4 is 10.4 Å². The summed E-state index contributed by atoms with van der Waals surface area (Å²) < 4.78 is 45.8. The highest BCUT2D eigenvalue weighted by molar-refractivity contribution is 7.80. The SMILES string of the molecule is COC(OC)(OC)OS(=O)(=O)O. The van der Waals surface area contributed by atoms with E-state index in [1.807, 2.05) is 0 Å². The van der Waals surface area contributed by atoms with Crippen LogP contribution in [0.3, 0.4) is 0 Å². The van der Waals surface area contributed by atoms with E-state index < -0.39 is 16.6 Å². The first-order valence-electron chi connectivity index (χ1n) is 2.72. The molecule has 0 aliphatic rings. The van der Waals surface area contributed by atoms with Crippen molar-refractivity contribution in [2.45, 2.75) is 6.16 Å². The van der Waals surface area contributed by atoms with Crippen molar-refractivity contribution in [3.8, 4) is 0 Å². The van der Waals surface area contributed by atoms with Crippen LogP contribution in [0.5, 0.6) is 0 Å². The monoisotopic (exact) mass is 202 g/mol. The minimum atomic E-state index is -4.69. The Kier molecular flexibility index (Phi) is 4.03. The minimum Gasteiger partial charge on any atom is -0.306 e. The molecule has 0 aromatic rings. The fraction of sp³-hybridized carbons (Fsp3) is 1.00. The Morgan fingerprint density at radius 2 is 1.42 bits per heavy atom. The van der Waals surface area contributed by atoms with Gasteiger partial charge in [0.05, 0.1) is 0 Å². The van der Waals surface area contributed by atoms with Crippen LogP contribution in [0.15, 0.2) is 0 Å². The summed E-state index contributed by atoms with van der Waals surface area (Å²) >= 11 is 0. The van der Waals surface area contributed by atoms with Crippen molar-refractivity contribution in [2.75, 3.05) is 21.3 Å². The van der Waals surface area contributed by atoms with Crippen LogP contribution in [0.1, 0.15) is 0 Å². The second-order valence-corrected chi connectivity index (χ2v) is 2.65. The average molecular weight is 202 g/mol. The van der Waals surface area contributed by atoms with Gasteiger partial charge in [0.25, 0.3) is 0 Å². The Hall–Kier alpha value is -0.250. The average Bonchev–Trinajstić information content (AvgIpc) is 1.99. The predicted octanol–water partition coefficient (Wildman–Crippen LogP) is -0.644. The number of hydrogen-bond donors (Lipinski definition) is 1. The van der Waals surface area contributed by atoms with Crippen molar-refractivity contribution in [1.82, 2.24) is 0 Å². The number of ether oxygens (including phenoxy) is 3. The van der Waals surface area contributed by atoms with Crippen LogP contribution in [-0.4, -0.2) is 40.5 Å². The van der Waals surface area contributed by atoms with Crippen molar-refractivity contribution in [1.29, 1.82) is 0 Å². The summed E-state index contributed by atoms with van der Waals surface area (Å²) in [5.74, 6) is 0. The third kappa shape index (κ3) is 3.43. The molecule has 0 spiro atoms. The lowest BCUT2D eigenvalue weighted by atomic mass is 11.0. The number of rotatable bonds is 5. The van der Waals surface area contributed by atoms with Gasteiger partial charge in [-0.2, -0.15) is 12.6 Å². The van der Waals surface area contributed by atoms with Crippen LogP contribution in [0.25, 0.3) is 0 Å². The smallest absolute Gasteiger partial charge is 0.306 e. The third-order valence-corrected chi connectivity index (χ3v) is 1.37. The summed E-state index contributed by atoms with van der Waals surface area (Å²) in [6, 6.07) is 0. The second-order valence-electron chi connectivity index (χ2n) is 1.62. The second kappa shape index (κ2) is 4.12. The van der Waals surface area contributed by atoms with Gasteiger partial charge >= 0.3 is 16.6 Å². The summed E-state index contributed by atoms with van der Waals surface area (Å²) in [7, 11) is -1.45. The molecule has 0 aliphatic heterocycles. The fourth-order valence-corrected chi connectivity index (χ4v) is 0.943. The van der Waals surface area contributed by atoms with Gasteiger partial charge in [-0.25, -0.2) is 0 Å². The lowest BCUT2D eigenvalue weighted by molar-refractivity contribution is -0.448. The van der Waals surface area contributed by atoms with Crippen molar-refractivity contribution in [3.63, 3.8) is 0 Å². The molecule has 0 fully saturated rings. The maximum Gasteiger partial charge on any atom is 0.428 e. The van der Waals surface area contributed by atoms with E-state index >= 15 is 0 Å². The van der Waals surface area contributed by atoms with E-state index in [1.54, 1.807) is 0 Å². The van der Waals surface area contributed by atoms with E-state index in [-0.39, 0.29) is 0 Å². The molecule has 0 aromatic heterocycles. The number of methoxy groups -OCH3 is 3. The van der Waals surface area contributed by atoms with Crippen LogP contribution in [0.4, 0.5) is 0 Å². The standard InChI is InChI=1S/C4H10O7S/c1-8-4(9-2,10-3)11-12(5,6)7/h1-3H3,(H,5,6,7). The van der Waals surface area contributed by atoms with E-state index in [4.69, 9.17) is 4.55 Å². The minimum absolute atomic E-state index is 1.08. The highest BCUT2D eigenvalue weighted by Gasteiger charge is 2.37. The van der Waals surface area contributed by atoms with Crippen LogP contribution >= 0.6 is 0 Å². The summed E-state index contributed by atoms with van der Waals surface area (Å²) in [6.45, 7) is 0. The molecule has 12 heavy (non-hydrogen) atoms. The first kappa shape index (κ1) is 11.8. The molecule has 0 saturated carbocycles. The summed E-state index contributed by atoms with van der Waals surface area (Å²) in [5.41, 5.74) is 0. The molecule has 1 N–H and O–H groups in total. The Morgan fingerprint density at radius 3 is 1.50 bits per heavy atom. The normalized spacial score (nSPS) is 13.3. The van der Waals surface area contributed by atoms with E-state index in [9.17, 15) is 8.42 Å². The molecule has 0 aliphatic carbocycles. The molecule has 0 atom stereocenters. The van der Waals surface area contributed by atoms with Crippen molar-refractivity contribution in [3.05, 3.63) is 0 Å². The molecule has 74 valence electrons. The van der Waals surface area contributed by atoms with Gasteiger partial charge in [-0.3, -0.25) is 4.55 Å². The van der Waals surface area contributed by atoms with Gasteiger partial charge in [-0.1, -0.05) is 0 Å². The Bertz CT molecular complexity index is 207. The van der Waals surface area contributed by atoms with Gasteiger partial charge in [0.15, 0.2) is 0 Å². The van der Waals surface area contributed by atoms with Gasteiger partial charge in [0.2, 0.25) is 0 Å². The summed E-state index contributed by atoms with van der Waals surface area (Å²) in [6.07, 6.45) is -2.23. The zero-order chi connectivity index (χ0) is 9.83. The van der Waals surface area contributed by atoms with Crippen LogP contribution in [0, 0.1) is 0 Å². The molecule has 8 heteroatoms. The van der Waals surface area contributed by atoms with Gasteiger partial charge in [0.1, 0.15) is 0 Å². The molecule has 0 radical (unpaired) electrons. The molecular formula is C4H10O7S. The Labute approximate surface area is 70.1 Å². The lowest BCUT2D eigenvalue weighted by Gasteiger charge is -2.24. The van der Waals surface area contributed by atoms with Crippen molar-refractivity contribution < 1.29 is 31.4 Å². The maximum atomic E-state index is 10.2. The summed E-state index contributed by atoms with van der Waals surface area (Å²) in [4.78, 5) is 0. The molecule has 0 aromatic carbocycles. The predicted molar refractivity (Wildman–Crippen MR) is 36.4 cm³/mol. The molecule has 0 rings (SSSR count). The maximum absolute atomic E-state index is 10.2. The zero-order valence-corrected chi connectivity index (χ0v) is 7.62. The van der Waals surface area contributed by atoms with E-state index in [1.165, 1.54) is 0 Å². The molecule has 0 saturated heterocycles. The molecule has 0 bridgehead atoms. The molecular weight excluding hydrogens is 192 g/mol. The van der Waals surface area contributed by atoms with Gasteiger partial charge in [-0.05, 0) is 0 Å². The van der Waals surface area contributed by atoms with E-state index in [0.29, 0.717) is 0 Å². The van der Waals surface area contributed by atoms with Gasteiger partial charge < -0.3 is 14.2 Å². The highest BCUT2D eigenvalue weighted by atomic mass is 32.3. The van der Waals surface area contributed by atoms with Crippen LogP contribution < -0.4 is 0 Å². The molecule has 0 heterocycles. The highest BCUT2D eigenvalue weighted by Crippen LogP contribution is 2.15. The van der Waals surface area contributed by atoms with Crippen LogP contribution in [0.2, 0.25) is 0 Å². The topological polar surface area (TPSA) is 91.3 Å². The third-order valence-electron chi connectivity index (χ3n) is 0.957. The van der Waals surface area contributed by atoms with Gasteiger partial charge in [-0.15, -0.1) is 0 Å². The molecule has 0 unspecified atom stereocenters. The fourth-order valence-electron chi connectivity index (χ4n) is 0.481. The zero-order valence-electron chi connectivity index (χ0n) is 6.80. The largest absolute Gasteiger partial charge is 0.428 e. The quantitative estimate of drug-likeness (QED) is 0.468.